The summed E-state index contributed by atoms with van der Waals surface area (Å²) in [4.78, 5) is 6.84. The average molecular weight is 146 g/mol. The second-order valence-corrected chi connectivity index (χ2v) is 1.65. The maximum atomic E-state index is 8.73. The molecule has 11 heavy (non-hydrogen) atoms. The Morgan fingerprint density at radius 2 is 1.91 bits per heavy atom. The molecule has 1 aromatic rings. The van der Waals surface area contributed by atoms with E-state index in [1.165, 1.54) is 0 Å². The third-order valence-electron chi connectivity index (χ3n) is 0.972. The molecule has 0 aliphatic rings. The fourth-order valence-corrected chi connectivity index (χ4v) is 0.540. The predicted molar refractivity (Wildman–Crippen MR) is 33.1 cm³/mol. The van der Waals surface area contributed by atoms with Crippen LogP contribution in [0, 0.1) is 22.7 Å². The largest absolute Gasteiger partial charge is 0.492 e. The molecule has 0 aliphatic heterocycles. The first-order valence-electron chi connectivity index (χ1n) is 2.64. The van der Waals surface area contributed by atoms with E-state index in [2.05, 4.69) is 9.97 Å². The summed E-state index contributed by atoms with van der Waals surface area (Å²) in [5, 5.41) is 25.4. The van der Waals surface area contributed by atoms with Crippen LogP contribution in [-0.2, 0) is 0 Å². The van der Waals surface area contributed by atoms with Crippen molar-refractivity contribution in [2.24, 2.45) is 0 Å². The van der Waals surface area contributed by atoms with Gasteiger partial charge in [-0.2, -0.15) is 15.5 Å². The summed E-state index contributed by atoms with van der Waals surface area (Å²) in [6, 6.07) is 3.30. The Morgan fingerprint density at radius 3 is 2.45 bits per heavy atom. The molecule has 52 valence electrons. The Morgan fingerprint density at radius 1 is 1.27 bits per heavy atom. The lowest BCUT2D eigenvalue weighted by Crippen LogP contribution is -1.91. The molecular formula is C6H2N4O. The molecule has 0 bridgehead atoms. The van der Waals surface area contributed by atoms with Crippen LogP contribution in [0.15, 0.2) is 6.20 Å². The highest BCUT2D eigenvalue weighted by molar-refractivity contribution is 5.35. The minimum absolute atomic E-state index is 0.0784. The number of aromatic hydroxyl groups is 1. The first kappa shape index (κ1) is 6.97. The van der Waals surface area contributed by atoms with Gasteiger partial charge in [0.15, 0.2) is 11.4 Å². The van der Waals surface area contributed by atoms with Crippen molar-refractivity contribution in [3.63, 3.8) is 0 Å². The van der Waals surface area contributed by atoms with E-state index in [4.69, 9.17) is 15.6 Å². The van der Waals surface area contributed by atoms with Gasteiger partial charge in [0, 0.05) is 0 Å². The zero-order valence-corrected chi connectivity index (χ0v) is 5.31. The van der Waals surface area contributed by atoms with Crippen molar-refractivity contribution in [2.75, 3.05) is 0 Å². The van der Waals surface area contributed by atoms with Gasteiger partial charge in [-0.05, 0) is 0 Å². The first-order valence-corrected chi connectivity index (χ1v) is 2.64. The molecule has 0 atom stereocenters. The van der Waals surface area contributed by atoms with E-state index in [-0.39, 0.29) is 17.3 Å². The summed E-state index contributed by atoms with van der Waals surface area (Å²) < 4.78 is 0. The molecular weight excluding hydrogens is 144 g/mol. The highest BCUT2D eigenvalue weighted by Gasteiger charge is 2.04. The molecule has 5 heteroatoms. The molecule has 0 spiro atoms. The van der Waals surface area contributed by atoms with Gasteiger partial charge in [-0.1, -0.05) is 0 Å². The molecule has 1 aromatic heterocycles. The monoisotopic (exact) mass is 146 g/mol. The fraction of sp³-hybridized carbons (Fsp3) is 0. The second kappa shape index (κ2) is 2.63. The average Bonchev–Trinajstić information content (AvgIpc) is 2.04. The van der Waals surface area contributed by atoms with Crippen LogP contribution in [0.25, 0.3) is 0 Å². The van der Waals surface area contributed by atoms with Crippen molar-refractivity contribution in [1.29, 1.82) is 10.5 Å². The van der Waals surface area contributed by atoms with Crippen LogP contribution in [0.4, 0.5) is 0 Å². The Balaban J connectivity index is 3.34. The van der Waals surface area contributed by atoms with Crippen LogP contribution >= 0.6 is 0 Å². The van der Waals surface area contributed by atoms with Gasteiger partial charge >= 0.3 is 0 Å². The molecule has 0 amide bonds. The van der Waals surface area contributed by atoms with E-state index in [1.54, 1.807) is 12.1 Å². The van der Waals surface area contributed by atoms with Gasteiger partial charge in [-0.3, -0.25) is 0 Å². The Bertz CT molecular complexity index is 360. The highest BCUT2D eigenvalue weighted by atomic mass is 16.3. The molecule has 0 aromatic carbocycles. The zero-order valence-electron chi connectivity index (χ0n) is 5.31. The smallest absolute Gasteiger partial charge is 0.231 e. The molecule has 0 aliphatic carbocycles. The highest BCUT2D eigenvalue weighted by Crippen LogP contribution is 2.05. The van der Waals surface area contributed by atoms with Crippen molar-refractivity contribution in [1.82, 2.24) is 9.97 Å². The van der Waals surface area contributed by atoms with Crippen LogP contribution in [0.1, 0.15) is 11.4 Å². The lowest BCUT2D eigenvalue weighted by Gasteiger charge is -1.91. The van der Waals surface area contributed by atoms with Gasteiger partial charge in [0.2, 0.25) is 5.88 Å². The maximum Gasteiger partial charge on any atom is 0.231 e. The summed E-state index contributed by atoms with van der Waals surface area (Å²) >= 11 is 0. The Kier molecular flexibility index (Phi) is 1.67. The number of hydrogen-bond acceptors (Lipinski definition) is 5. The lowest BCUT2D eigenvalue weighted by molar-refractivity contribution is 0.449. The van der Waals surface area contributed by atoms with Crippen molar-refractivity contribution < 1.29 is 5.11 Å². The minimum atomic E-state index is -0.361. The third kappa shape index (κ3) is 1.22. The molecule has 0 saturated heterocycles. The second-order valence-electron chi connectivity index (χ2n) is 1.65. The van der Waals surface area contributed by atoms with Crippen LogP contribution in [0.3, 0.4) is 0 Å². The number of rotatable bonds is 0. The minimum Gasteiger partial charge on any atom is -0.492 e. The summed E-state index contributed by atoms with van der Waals surface area (Å²) in [6.45, 7) is 0. The van der Waals surface area contributed by atoms with Crippen LogP contribution in [0.2, 0.25) is 0 Å². The normalized spacial score (nSPS) is 8.18. The van der Waals surface area contributed by atoms with Gasteiger partial charge < -0.3 is 5.11 Å². The molecule has 0 saturated carbocycles. The molecule has 5 nitrogen and oxygen atoms in total. The van der Waals surface area contributed by atoms with E-state index >= 15 is 0 Å². The molecule has 1 N–H and O–H groups in total. The number of hydrogen-bond donors (Lipinski definition) is 1. The molecule has 0 radical (unpaired) electrons. The summed E-state index contributed by atoms with van der Waals surface area (Å²) in [6.07, 6.45) is 1.01. The van der Waals surface area contributed by atoms with Crippen molar-refractivity contribution in [3.8, 4) is 18.0 Å². The summed E-state index contributed by atoms with van der Waals surface area (Å²) in [7, 11) is 0. The quantitative estimate of drug-likeness (QED) is 0.552. The van der Waals surface area contributed by atoms with E-state index in [0.29, 0.717) is 0 Å². The van der Waals surface area contributed by atoms with E-state index in [1.807, 2.05) is 0 Å². The zero-order chi connectivity index (χ0) is 8.27. The molecule has 0 fully saturated rings. The molecule has 1 rings (SSSR count). The topological polar surface area (TPSA) is 93.6 Å². The van der Waals surface area contributed by atoms with Crippen LogP contribution in [0.5, 0.6) is 5.88 Å². The van der Waals surface area contributed by atoms with Crippen LogP contribution in [-0.4, -0.2) is 15.1 Å². The molecule has 1 heterocycles. The fourth-order valence-electron chi connectivity index (χ4n) is 0.540. The number of nitrogens with zero attached hydrogens (tertiary/aromatic N) is 4. The van der Waals surface area contributed by atoms with Crippen LogP contribution < -0.4 is 0 Å². The van der Waals surface area contributed by atoms with Crippen molar-refractivity contribution in [3.05, 3.63) is 17.6 Å². The number of aromatic nitrogens is 2. The SMILES string of the molecule is N#Cc1ncc(O)nc1C#N. The predicted octanol–water partition coefficient (Wildman–Crippen LogP) is -0.0744. The van der Waals surface area contributed by atoms with Gasteiger partial charge in [0.05, 0.1) is 6.20 Å². The van der Waals surface area contributed by atoms with Gasteiger partial charge in [0.25, 0.3) is 0 Å². The molecule has 0 unspecified atom stereocenters. The third-order valence-corrected chi connectivity index (χ3v) is 0.972. The Labute approximate surface area is 62.2 Å². The first-order chi connectivity index (χ1) is 5.27. The van der Waals surface area contributed by atoms with Crippen molar-refractivity contribution >= 4 is 0 Å². The summed E-state index contributed by atoms with van der Waals surface area (Å²) in [5.74, 6) is -0.361. The summed E-state index contributed by atoms with van der Waals surface area (Å²) in [5.41, 5.74) is -0.238. The van der Waals surface area contributed by atoms with Crippen molar-refractivity contribution in [2.45, 2.75) is 0 Å². The van der Waals surface area contributed by atoms with Gasteiger partial charge in [0.1, 0.15) is 12.1 Å². The van der Waals surface area contributed by atoms with E-state index in [9.17, 15) is 0 Å². The number of nitriles is 2. The maximum absolute atomic E-state index is 8.73. The van der Waals surface area contributed by atoms with E-state index in [0.717, 1.165) is 6.20 Å². The standard InChI is InChI=1S/C6H2N4O/c7-1-4-5(2-8)10-6(11)3-9-4/h3H,(H,10,11). The van der Waals surface area contributed by atoms with E-state index < -0.39 is 0 Å². The van der Waals surface area contributed by atoms with Gasteiger partial charge in [-0.25, -0.2) is 4.98 Å². The Hall–Kier alpha value is -2.14. The lowest BCUT2D eigenvalue weighted by atomic mass is 10.3. The van der Waals surface area contributed by atoms with Gasteiger partial charge in [-0.15, -0.1) is 0 Å².